The summed E-state index contributed by atoms with van der Waals surface area (Å²) in [6.45, 7) is 3.78. The van der Waals surface area contributed by atoms with Crippen molar-refractivity contribution in [2.24, 2.45) is 0 Å². The van der Waals surface area contributed by atoms with Gasteiger partial charge in [-0.2, -0.15) is 0 Å². The number of hydrogen-bond donors (Lipinski definition) is 1. The summed E-state index contributed by atoms with van der Waals surface area (Å²) < 4.78 is 1.38. The van der Waals surface area contributed by atoms with Crippen LogP contribution in [-0.2, 0) is 24.2 Å². The van der Waals surface area contributed by atoms with Crippen LogP contribution in [0.15, 0.2) is 4.79 Å². The predicted octanol–water partition coefficient (Wildman–Crippen LogP) is 1.51. The molecular weight excluding hydrogens is 214 g/mol. The minimum atomic E-state index is -0.963. The van der Waals surface area contributed by atoms with Crippen LogP contribution < -0.4 is 4.87 Å². The minimum absolute atomic E-state index is 0.155. The van der Waals surface area contributed by atoms with Crippen LogP contribution in [0.4, 0.5) is 0 Å². The molecule has 0 saturated heterocycles. The summed E-state index contributed by atoms with van der Waals surface area (Å²) in [6, 6.07) is 0. The number of aryl methyl sites for hydroxylation is 1. The highest BCUT2D eigenvalue weighted by atomic mass is 32.1. The molecule has 1 rings (SSSR count). The molecule has 0 unspecified atom stereocenters. The lowest BCUT2D eigenvalue weighted by atomic mass is 10.2. The van der Waals surface area contributed by atoms with Crippen molar-refractivity contribution >= 4 is 17.3 Å². The normalized spacial score (nSPS) is 10.5. The summed E-state index contributed by atoms with van der Waals surface area (Å²) in [5.74, 6) is -0.963. The van der Waals surface area contributed by atoms with Crippen LogP contribution >= 0.6 is 11.3 Å². The summed E-state index contributed by atoms with van der Waals surface area (Å²) in [5.41, 5.74) is 0.900. The van der Waals surface area contributed by atoms with Crippen molar-refractivity contribution in [1.29, 1.82) is 0 Å². The highest BCUT2D eigenvalue weighted by Crippen LogP contribution is 2.15. The number of carboxylic acid groups (broad SMARTS) is 1. The third-order valence-electron chi connectivity index (χ3n) is 2.18. The second-order valence-electron chi connectivity index (χ2n) is 3.32. The molecule has 5 heteroatoms. The molecule has 0 bridgehead atoms. The third-order valence-corrected chi connectivity index (χ3v) is 3.35. The van der Waals surface area contributed by atoms with Gasteiger partial charge >= 0.3 is 10.8 Å². The van der Waals surface area contributed by atoms with Gasteiger partial charge in [0.15, 0.2) is 0 Å². The smallest absolute Gasteiger partial charge is 0.323 e. The number of rotatable bonds is 5. The summed E-state index contributed by atoms with van der Waals surface area (Å²) in [5, 5.41) is 8.71. The van der Waals surface area contributed by atoms with E-state index in [1.54, 1.807) is 0 Å². The zero-order valence-corrected chi connectivity index (χ0v) is 9.76. The van der Waals surface area contributed by atoms with E-state index in [4.69, 9.17) is 5.11 Å². The van der Waals surface area contributed by atoms with Crippen molar-refractivity contribution in [1.82, 2.24) is 4.57 Å². The second-order valence-corrected chi connectivity index (χ2v) is 4.37. The Hall–Kier alpha value is -1.10. The summed E-state index contributed by atoms with van der Waals surface area (Å²) in [6.07, 6.45) is 2.49. The van der Waals surface area contributed by atoms with Gasteiger partial charge < -0.3 is 5.11 Å². The molecule has 1 aromatic heterocycles. The van der Waals surface area contributed by atoms with Crippen molar-refractivity contribution < 1.29 is 9.90 Å². The Morgan fingerprint density at radius 3 is 2.60 bits per heavy atom. The third kappa shape index (κ3) is 2.68. The maximum Gasteiger partial charge on any atom is 0.323 e. The lowest BCUT2D eigenvalue weighted by Gasteiger charge is -2.05. The van der Waals surface area contributed by atoms with Gasteiger partial charge in [0.1, 0.15) is 6.54 Å². The SMILES string of the molecule is CCCc1c(CC)sc(=O)n1CC(=O)O. The molecular formula is C10H15NO3S. The molecule has 0 aliphatic heterocycles. The van der Waals surface area contributed by atoms with Gasteiger partial charge in [-0.05, 0) is 12.8 Å². The monoisotopic (exact) mass is 229 g/mol. The number of aromatic nitrogens is 1. The number of hydrogen-bond acceptors (Lipinski definition) is 3. The van der Waals surface area contributed by atoms with E-state index in [9.17, 15) is 9.59 Å². The zero-order valence-electron chi connectivity index (χ0n) is 8.95. The summed E-state index contributed by atoms with van der Waals surface area (Å²) in [4.78, 5) is 23.0. The van der Waals surface area contributed by atoms with Crippen molar-refractivity contribution in [3.63, 3.8) is 0 Å². The molecule has 15 heavy (non-hydrogen) atoms. The molecule has 0 amide bonds. The average Bonchev–Trinajstić information content (AvgIpc) is 2.45. The van der Waals surface area contributed by atoms with Gasteiger partial charge in [0.2, 0.25) is 0 Å². The lowest BCUT2D eigenvalue weighted by Crippen LogP contribution is -2.21. The molecule has 1 aromatic rings. The molecule has 0 spiro atoms. The Balaban J connectivity index is 3.15. The molecule has 4 nitrogen and oxygen atoms in total. The highest BCUT2D eigenvalue weighted by molar-refractivity contribution is 7.09. The van der Waals surface area contributed by atoms with E-state index in [0.29, 0.717) is 0 Å². The Labute approximate surface area is 92.2 Å². The van der Waals surface area contributed by atoms with E-state index in [-0.39, 0.29) is 11.4 Å². The predicted molar refractivity (Wildman–Crippen MR) is 59.6 cm³/mol. The molecule has 84 valence electrons. The molecule has 0 aliphatic carbocycles. The van der Waals surface area contributed by atoms with Crippen molar-refractivity contribution in [3.05, 3.63) is 20.2 Å². The standard InChI is InChI=1S/C10H15NO3S/c1-3-5-7-8(4-2)15-10(14)11(7)6-9(12)13/h3-6H2,1-2H3,(H,12,13). The van der Waals surface area contributed by atoms with Crippen LogP contribution in [-0.4, -0.2) is 15.6 Å². The van der Waals surface area contributed by atoms with Gasteiger partial charge in [-0.25, -0.2) is 0 Å². The maximum atomic E-state index is 11.5. The molecule has 0 aliphatic rings. The average molecular weight is 229 g/mol. The molecule has 0 fully saturated rings. The molecule has 0 saturated carbocycles. The van der Waals surface area contributed by atoms with Crippen LogP contribution in [0, 0.1) is 0 Å². The molecule has 1 heterocycles. The molecule has 1 N–H and O–H groups in total. The van der Waals surface area contributed by atoms with Gasteiger partial charge in [-0.1, -0.05) is 31.6 Å². The first kappa shape index (κ1) is 12.0. The maximum absolute atomic E-state index is 11.5. The topological polar surface area (TPSA) is 59.3 Å². The van der Waals surface area contributed by atoms with Gasteiger partial charge in [-0.3, -0.25) is 14.2 Å². The van der Waals surface area contributed by atoms with E-state index in [2.05, 4.69) is 0 Å². The Bertz CT molecular complexity index is 405. The number of thiazole rings is 1. The first-order valence-electron chi connectivity index (χ1n) is 5.03. The highest BCUT2D eigenvalue weighted by Gasteiger charge is 2.14. The van der Waals surface area contributed by atoms with Crippen LogP contribution in [0.1, 0.15) is 30.8 Å². The van der Waals surface area contributed by atoms with E-state index in [1.807, 2.05) is 13.8 Å². The Morgan fingerprint density at radius 1 is 1.47 bits per heavy atom. The fraction of sp³-hybridized carbons (Fsp3) is 0.600. The molecule has 0 atom stereocenters. The fourth-order valence-corrected chi connectivity index (χ4v) is 2.53. The van der Waals surface area contributed by atoms with Gasteiger partial charge in [-0.15, -0.1) is 0 Å². The number of carbonyl (C=O) groups is 1. The first-order valence-corrected chi connectivity index (χ1v) is 5.84. The lowest BCUT2D eigenvalue weighted by molar-refractivity contribution is -0.137. The van der Waals surface area contributed by atoms with E-state index < -0.39 is 5.97 Å². The quantitative estimate of drug-likeness (QED) is 0.832. The second kappa shape index (κ2) is 5.11. The summed E-state index contributed by atoms with van der Waals surface area (Å²) >= 11 is 1.17. The number of nitrogens with zero attached hydrogens (tertiary/aromatic N) is 1. The van der Waals surface area contributed by atoms with Crippen molar-refractivity contribution in [2.45, 2.75) is 39.7 Å². The molecule has 0 aromatic carbocycles. The van der Waals surface area contributed by atoms with E-state index in [0.717, 1.165) is 29.8 Å². The fourth-order valence-electron chi connectivity index (χ4n) is 1.56. The van der Waals surface area contributed by atoms with Gasteiger partial charge in [0.25, 0.3) is 0 Å². The van der Waals surface area contributed by atoms with Gasteiger partial charge in [0.05, 0.1) is 0 Å². The Morgan fingerprint density at radius 2 is 2.13 bits per heavy atom. The van der Waals surface area contributed by atoms with Crippen LogP contribution in [0.25, 0.3) is 0 Å². The molecule has 0 radical (unpaired) electrons. The number of aliphatic carboxylic acids is 1. The first-order chi connectivity index (χ1) is 7.10. The van der Waals surface area contributed by atoms with Crippen LogP contribution in [0.3, 0.4) is 0 Å². The Kier molecular flexibility index (Phi) is 4.08. The minimum Gasteiger partial charge on any atom is -0.480 e. The van der Waals surface area contributed by atoms with Crippen molar-refractivity contribution in [2.75, 3.05) is 0 Å². The van der Waals surface area contributed by atoms with E-state index in [1.165, 1.54) is 15.9 Å². The van der Waals surface area contributed by atoms with Gasteiger partial charge in [0, 0.05) is 10.6 Å². The van der Waals surface area contributed by atoms with Crippen molar-refractivity contribution in [3.8, 4) is 0 Å². The summed E-state index contributed by atoms with van der Waals surface area (Å²) in [7, 11) is 0. The van der Waals surface area contributed by atoms with E-state index >= 15 is 0 Å². The van der Waals surface area contributed by atoms with Crippen LogP contribution in [0.2, 0.25) is 0 Å². The van der Waals surface area contributed by atoms with Crippen LogP contribution in [0.5, 0.6) is 0 Å². The largest absolute Gasteiger partial charge is 0.480 e. The number of carboxylic acids is 1. The zero-order chi connectivity index (χ0) is 11.4.